The van der Waals surface area contributed by atoms with Gasteiger partial charge in [-0.2, -0.15) is 0 Å². The van der Waals surface area contributed by atoms with Crippen molar-refractivity contribution in [1.82, 2.24) is 0 Å². The third-order valence-corrected chi connectivity index (χ3v) is 2.69. The van der Waals surface area contributed by atoms with Crippen molar-refractivity contribution in [3.63, 3.8) is 0 Å². The Morgan fingerprint density at radius 2 is 2.08 bits per heavy atom. The molecule has 1 rings (SSSR count). The topological polar surface area (TPSA) is 78.2 Å². The fourth-order valence-corrected chi connectivity index (χ4v) is 1.54. The summed E-state index contributed by atoms with van der Waals surface area (Å²) in [5, 5.41) is 16.1. The van der Waals surface area contributed by atoms with Gasteiger partial charge < -0.3 is 10.5 Å². The molecule has 0 bridgehead atoms. The van der Waals surface area contributed by atoms with Crippen molar-refractivity contribution >= 4 is 16.1 Å². The first-order valence-electron chi connectivity index (χ1n) is 3.48. The van der Waals surface area contributed by atoms with E-state index >= 15 is 0 Å². The molecule has 13 heavy (non-hydrogen) atoms. The van der Waals surface area contributed by atoms with E-state index in [4.69, 9.17) is 10.5 Å². The van der Waals surface area contributed by atoms with Crippen LogP contribution in [0.2, 0.25) is 0 Å². The van der Waals surface area contributed by atoms with E-state index in [1.54, 1.807) is 0 Å². The summed E-state index contributed by atoms with van der Waals surface area (Å²) in [6.07, 6.45) is 1.98. The maximum atomic E-state index is 11.1. The second kappa shape index (κ2) is 3.18. The molecule has 0 aliphatic rings. The lowest BCUT2D eigenvalue weighted by molar-refractivity contribution is 0.474. The standard InChI is InChI=1S/C8H9NO3S/c1-13(11,12)7-2-3-8(10)6(4-7)5-9/h2-5,9-10H,1H3. The summed E-state index contributed by atoms with van der Waals surface area (Å²) in [5.74, 6) is -0.0950. The highest BCUT2D eigenvalue weighted by molar-refractivity contribution is 7.90. The Balaban J connectivity index is 3.38. The Labute approximate surface area is 76.3 Å². The Kier molecular flexibility index (Phi) is 2.38. The Morgan fingerprint density at radius 1 is 1.46 bits per heavy atom. The number of aromatic hydroxyl groups is 1. The minimum Gasteiger partial charge on any atom is -0.507 e. The van der Waals surface area contributed by atoms with Crippen LogP contribution in [0, 0.1) is 5.41 Å². The van der Waals surface area contributed by atoms with Gasteiger partial charge in [0.15, 0.2) is 9.84 Å². The number of sulfone groups is 1. The van der Waals surface area contributed by atoms with E-state index in [0.717, 1.165) is 12.5 Å². The van der Waals surface area contributed by atoms with Crippen LogP contribution in [0.25, 0.3) is 0 Å². The zero-order chi connectivity index (χ0) is 10.1. The predicted octanol–water partition coefficient (Wildman–Crippen LogP) is 0.793. The van der Waals surface area contributed by atoms with Gasteiger partial charge in [-0.25, -0.2) is 8.42 Å². The normalized spacial score (nSPS) is 11.2. The molecule has 5 heteroatoms. The van der Waals surface area contributed by atoms with Gasteiger partial charge in [-0.3, -0.25) is 0 Å². The van der Waals surface area contributed by atoms with Gasteiger partial charge in [-0.15, -0.1) is 0 Å². The fourth-order valence-electron chi connectivity index (χ4n) is 0.879. The largest absolute Gasteiger partial charge is 0.507 e. The van der Waals surface area contributed by atoms with Crippen LogP contribution in [-0.4, -0.2) is 26.0 Å². The predicted molar refractivity (Wildman–Crippen MR) is 49.1 cm³/mol. The second-order valence-corrected chi connectivity index (χ2v) is 4.65. The SMILES string of the molecule is CS(=O)(=O)c1ccc(O)c(C=N)c1. The van der Waals surface area contributed by atoms with Crippen LogP contribution in [0.5, 0.6) is 5.75 Å². The Bertz CT molecular complexity index is 437. The summed E-state index contributed by atoms with van der Waals surface area (Å²) in [6, 6.07) is 3.83. The smallest absolute Gasteiger partial charge is 0.175 e. The molecule has 0 aliphatic carbocycles. The van der Waals surface area contributed by atoms with Gasteiger partial charge in [0.1, 0.15) is 5.75 Å². The quantitative estimate of drug-likeness (QED) is 0.691. The first-order chi connectivity index (χ1) is 5.95. The van der Waals surface area contributed by atoms with Crippen LogP contribution in [-0.2, 0) is 9.84 Å². The van der Waals surface area contributed by atoms with E-state index < -0.39 is 9.84 Å². The molecule has 0 saturated carbocycles. The zero-order valence-corrected chi connectivity index (χ0v) is 7.80. The van der Waals surface area contributed by atoms with Crippen LogP contribution < -0.4 is 0 Å². The van der Waals surface area contributed by atoms with Crippen LogP contribution >= 0.6 is 0 Å². The number of hydrogen-bond acceptors (Lipinski definition) is 4. The molecule has 1 aromatic rings. The van der Waals surface area contributed by atoms with E-state index in [2.05, 4.69) is 0 Å². The van der Waals surface area contributed by atoms with Crippen LogP contribution in [0.3, 0.4) is 0 Å². The molecule has 2 N–H and O–H groups in total. The second-order valence-electron chi connectivity index (χ2n) is 2.64. The lowest BCUT2D eigenvalue weighted by Gasteiger charge is -2.01. The van der Waals surface area contributed by atoms with E-state index in [9.17, 15) is 8.42 Å². The highest BCUT2D eigenvalue weighted by Crippen LogP contribution is 2.19. The lowest BCUT2D eigenvalue weighted by Crippen LogP contribution is -1.97. The maximum absolute atomic E-state index is 11.1. The molecule has 0 amide bonds. The van der Waals surface area contributed by atoms with E-state index in [1.807, 2.05) is 0 Å². The molecule has 0 aromatic heterocycles. The van der Waals surface area contributed by atoms with Gasteiger partial charge >= 0.3 is 0 Å². The summed E-state index contributed by atoms with van der Waals surface area (Å²) >= 11 is 0. The van der Waals surface area contributed by atoms with E-state index in [-0.39, 0.29) is 16.2 Å². The highest BCUT2D eigenvalue weighted by atomic mass is 32.2. The molecule has 0 saturated heterocycles. The van der Waals surface area contributed by atoms with Gasteiger partial charge in [0, 0.05) is 18.0 Å². The van der Waals surface area contributed by atoms with Crippen LogP contribution in [0.1, 0.15) is 5.56 Å². The number of rotatable bonds is 2. The van der Waals surface area contributed by atoms with Crippen LogP contribution in [0.15, 0.2) is 23.1 Å². The van der Waals surface area contributed by atoms with Gasteiger partial charge in [-0.05, 0) is 18.2 Å². The van der Waals surface area contributed by atoms with Crippen LogP contribution in [0.4, 0.5) is 0 Å². The van der Waals surface area contributed by atoms with Crippen molar-refractivity contribution in [3.8, 4) is 5.75 Å². The third kappa shape index (κ3) is 2.06. The Morgan fingerprint density at radius 3 is 2.54 bits per heavy atom. The van der Waals surface area contributed by atoms with Crippen molar-refractivity contribution in [2.45, 2.75) is 4.90 Å². The highest BCUT2D eigenvalue weighted by Gasteiger charge is 2.08. The monoisotopic (exact) mass is 199 g/mol. The van der Waals surface area contributed by atoms with E-state index in [0.29, 0.717) is 0 Å². The summed E-state index contributed by atoms with van der Waals surface area (Å²) < 4.78 is 22.1. The Hall–Kier alpha value is -1.36. The van der Waals surface area contributed by atoms with Crippen molar-refractivity contribution in [2.75, 3.05) is 6.26 Å². The number of benzene rings is 1. The fraction of sp³-hybridized carbons (Fsp3) is 0.125. The van der Waals surface area contributed by atoms with E-state index in [1.165, 1.54) is 18.2 Å². The molecule has 0 heterocycles. The number of nitrogens with one attached hydrogen (secondary N) is 1. The molecule has 0 radical (unpaired) electrons. The minimum atomic E-state index is -3.27. The molecule has 0 fully saturated rings. The number of hydrogen-bond donors (Lipinski definition) is 2. The molecule has 0 aliphatic heterocycles. The molecule has 4 nitrogen and oxygen atoms in total. The molecule has 0 spiro atoms. The first kappa shape index (κ1) is 9.73. The minimum absolute atomic E-state index is 0.0950. The molecular weight excluding hydrogens is 190 g/mol. The van der Waals surface area contributed by atoms with Gasteiger partial charge in [-0.1, -0.05) is 0 Å². The number of phenols is 1. The van der Waals surface area contributed by atoms with Gasteiger partial charge in [0.05, 0.1) is 4.90 Å². The summed E-state index contributed by atoms with van der Waals surface area (Å²) in [7, 11) is -3.27. The average molecular weight is 199 g/mol. The molecule has 0 atom stereocenters. The molecule has 1 aromatic carbocycles. The summed E-state index contributed by atoms with van der Waals surface area (Å²) in [4.78, 5) is 0.101. The van der Waals surface area contributed by atoms with Crippen molar-refractivity contribution in [1.29, 1.82) is 5.41 Å². The molecule has 0 unspecified atom stereocenters. The average Bonchev–Trinajstić information content (AvgIpc) is 2.03. The summed E-state index contributed by atoms with van der Waals surface area (Å²) in [5.41, 5.74) is 0.197. The van der Waals surface area contributed by atoms with Gasteiger partial charge in [0.2, 0.25) is 0 Å². The summed E-state index contributed by atoms with van der Waals surface area (Å²) in [6.45, 7) is 0. The van der Waals surface area contributed by atoms with Crippen molar-refractivity contribution < 1.29 is 13.5 Å². The zero-order valence-electron chi connectivity index (χ0n) is 6.98. The van der Waals surface area contributed by atoms with Crippen molar-refractivity contribution in [2.24, 2.45) is 0 Å². The first-order valence-corrected chi connectivity index (χ1v) is 5.38. The molecule has 70 valence electrons. The third-order valence-electron chi connectivity index (χ3n) is 1.58. The number of phenolic OH excluding ortho intramolecular Hbond substituents is 1. The molecular formula is C8H9NO3S. The van der Waals surface area contributed by atoms with Gasteiger partial charge in [0.25, 0.3) is 0 Å². The van der Waals surface area contributed by atoms with Crippen molar-refractivity contribution in [3.05, 3.63) is 23.8 Å². The maximum Gasteiger partial charge on any atom is 0.175 e. The lowest BCUT2D eigenvalue weighted by atomic mass is 10.2.